The van der Waals surface area contributed by atoms with E-state index in [9.17, 15) is 26.0 Å². The first-order valence-corrected chi connectivity index (χ1v) is 13.3. The zero-order chi connectivity index (χ0) is 23.6. The van der Waals surface area contributed by atoms with Crippen LogP contribution < -0.4 is 0 Å². The number of halogens is 1. The predicted molar refractivity (Wildman–Crippen MR) is 117 cm³/mol. The smallest absolute Gasteiger partial charge is 0.253 e. The van der Waals surface area contributed by atoms with Crippen LogP contribution in [-0.2, 0) is 24.8 Å². The molecule has 0 unspecified atom stereocenters. The van der Waals surface area contributed by atoms with Crippen molar-refractivity contribution in [2.45, 2.75) is 9.79 Å². The summed E-state index contributed by atoms with van der Waals surface area (Å²) in [6.07, 6.45) is 0. The summed E-state index contributed by atoms with van der Waals surface area (Å²) in [5.41, 5.74) is 0.214. The molecular formula is C21H24FN3O6S2. The summed E-state index contributed by atoms with van der Waals surface area (Å²) in [5, 5.41) is 0. The van der Waals surface area contributed by atoms with Crippen LogP contribution in [0, 0.1) is 5.82 Å². The van der Waals surface area contributed by atoms with Crippen LogP contribution in [-0.4, -0.2) is 88.7 Å². The molecule has 1 amide bonds. The van der Waals surface area contributed by atoms with Crippen molar-refractivity contribution in [3.05, 3.63) is 59.9 Å². The minimum absolute atomic E-state index is 0.0302. The number of hydrogen-bond acceptors (Lipinski definition) is 6. The number of hydrogen-bond donors (Lipinski definition) is 0. The first-order valence-electron chi connectivity index (χ1n) is 10.4. The number of piperazine rings is 1. The molecule has 2 saturated heterocycles. The van der Waals surface area contributed by atoms with E-state index >= 15 is 0 Å². The Kier molecular flexibility index (Phi) is 6.82. The standard InChI is InChI=1S/C21H24FN3O6S2/c22-18-4-2-6-20(16-18)33(29,30)24-9-7-23(8-10-24)21(26)17-3-1-5-19(15-17)32(27,28)25-11-13-31-14-12-25/h1-6,15-16H,7-14H2. The molecule has 2 aliphatic rings. The zero-order valence-electron chi connectivity index (χ0n) is 17.8. The second-order valence-corrected chi connectivity index (χ2v) is 11.6. The van der Waals surface area contributed by atoms with Gasteiger partial charge < -0.3 is 9.64 Å². The monoisotopic (exact) mass is 497 g/mol. The highest BCUT2D eigenvalue weighted by Gasteiger charge is 2.32. The molecule has 0 saturated carbocycles. The number of ether oxygens (including phenoxy) is 1. The molecule has 33 heavy (non-hydrogen) atoms. The van der Waals surface area contributed by atoms with E-state index in [-0.39, 0.29) is 60.5 Å². The highest BCUT2D eigenvalue weighted by Crippen LogP contribution is 2.22. The van der Waals surface area contributed by atoms with Crippen molar-refractivity contribution in [1.29, 1.82) is 0 Å². The molecule has 0 atom stereocenters. The highest BCUT2D eigenvalue weighted by molar-refractivity contribution is 7.89. The number of morpholine rings is 1. The van der Waals surface area contributed by atoms with Crippen LogP contribution in [0.4, 0.5) is 4.39 Å². The van der Waals surface area contributed by atoms with Crippen molar-refractivity contribution in [2.75, 3.05) is 52.5 Å². The summed E-state index contributed by atoms with van der Waals surface area (Å²) in [6, 6.07) is 10.7. The largest absolute Gasteiger partial charge is 0.379 e. The van der Waals surface area contributed by atoms with Gasteiger partial charge in [0, 0.05) is 44.8 Å². The molecule has 12 heteroatoms. The van der Waals surface area contributed by atoms with Gasteiger partial charge in [0.15, 0.2) is 0 Å². The van der Waals surface area contributed by atoms with Crippen LogP contribution in [0.5, 0.6) is 0 Å². The van der Waals surface area contributed by atoms with Crippen LogP contribution in [0.15, 0.2) is 58.3 Å². The Morgan fingerprint density at radius 2 is 1.30 bits per heavy atom. The van der Waals surface area contributed by atoms with Crippen LogP contribution in [0.25, 0.3) is 0 Å². The summed E-state index contributed by atoms with van der Waals surface area (Å²) in [4.78, 5) is 14.4. The number of amides is 1. The normalized spacial score (nSPS) is 18.9. The molecule has 0 bridgehead atoms. The Labute approximate surface area is 192 Å². The first kappa shape index (κ1) is 23.8. The van der Waals surface area contributed by atoms with E-state index in [2.05, 4.69) is 0 Å². The van der Waals surface area contributed by atoms with Gasteiger partial charge in [0.25, 0.3) is 5.91 Å². The van der Waals surface area contributed by atoms with Crippen molar-refractivity contribution in [3.8, 4) is 0 Å². The third-order valence-corrected chi connectivity index (χ3v) is 9.44. The zero-order valence-corrected chi connectivity index (χ0v) is 19.4. The number of carbonyl (C=O) groups excluding carboxylic acids is 1. The molecule has 0 radical (unpaired) electrons. The van der Waals surface area contributed by atoms with Gasteiger partial charge in [-0.05, 0) is 36.4 Å². The minimum atomic E-state index is -3.88. The van der Waals surface area contributed by atoms with Crippen LogP contribution >= 0.6 is 0 Å². The molecule has 0 N–H and O–H groups in total. The number of benzene rings is 2. The summed E-state index contributed by atoms with van der Waals surface area (Å²) < 4.78 is 72.5. The molecule has 2 fully saturated rings. The average Bonchev–Trinajstić information content (AvgIpc) is 2.84. The van der Waals surface area contributed by atoms with Gasteiger partial charge in [-0.3, -0.25) is 4.79 Å². The number of carbonyl (C=O) groups is 1. The fraction of sp³-hybridized carbons (Fsp3) is 0.381. The molecule has 0 aromatic heterocycles. The quantitative estimate of drug-likeness (QED) is 0.610. The maximum absolute atomic E-state index is 13.5. The lowest BCUT2D eigenvalue weighted by Gasteiger charge is -2.34. The molecule has 2 heterocycles. The Morgan fingerprint density at radius 3 is 1.91 bits per heavy atom. The number of nitrogens with zero attached hydrogens (tertiary/aromatic N) is 3. The summed E-state index contributed by atoms with van der Waals surface area (Å²) in [7, 11) is -7.62. The molecule has 9 nitrogen and oxygen atoms in total. The maximum atomic E-state index is 13.5. The lowest BCUT2D eigenvalue weighted by molar-refractivity contribution is 0.0697. The maximum Gasteiger partial charge on any atom is 0.253 e. The molecule has 2 aliphatic heterocycles. The van der Waals surface area contributed by atoms with Crippen molar-refractivity contribution >= 4 is 26.0 Å². The van der Waals surface area contributed by atoms with Crippen LogP contribution in [0.2, 0.25) is 0 Å². The summed E-state index contributed by atoms with van der Waals surface area (Å²) in [5.74, 6) is -1.02. The highest BCUT2D eigenvalue weighted by atomic mass is 32.2. The van der Waals surface area contributed by atoms with Crippen LogP contribution in [0.1, 0.15) is 10.4 Å². The second kappa shape index (κ2) is 9.47. The molecule has 2 aromatic carbocycles. The Balaban J connectivity index is 1.45. The van der Waals surface area contributed by atoms with E-state index in [0.29, 0.717) is 13.2 Å². The first-order chi connectivity index (χ1) is 15.7. The van der Waals surface area contributed by atoms with E-state index in [0.717, 1.165) is 6.07 Å². The second-order valence-electron chi connectivity index (χ2n) is 7.70. The van der Waals surface area contributed by atoms with Crippen molar-refractivity contribution < 1.29 is 30.8 Å². The lowest BCUT2D eigenvalue weighted by atomic mass is 10.2. The Hall–Kier alpha value is -2.38. The van der Waals surface area contributed by atoms with E-state index in [1.165, 1.54) is 56.0 Å². The molecule has 178 valence electrons. The summed E-state index contributed by atoms with van der Waals surface area (Å²) >= 11 is 0. The van der Waals surface area contributed by atoms with Gasteiger partial charge in [0.1, 0.15) is 5.82 Å². The van der Waals surface area contributed by atoms with Gasteiger partial charge in [-0.1, -0.05) is 12.1 Å². The van der Waals surface area contributed by atoms with Gasteiger partial charge in [0.05, 0.1) is 23.0 Å². The van der Waals surface area contributed by atoms with Gasteiger partial charge in [-0.15, -0.1) is 0 Å². The predicted octanol–water partition coefficient (Wildman–Crippen LogP) is 0.993. The van der Waals surface area contributed by atoms with E-state index < -0.39 is 25.9 Å². The average molecular weight is 498 g/mol. The summed E-state index contributed by atoms with van der Waals surface area (Å²) in [6.45, 7) is 1.51. The van der Waals surface area contributed by atoms with Gasteiger partial charge in [-0.25, -0.2) is 21.2 Å². The van der Waals surface area contributed by atoms with E-state index in [4.69, 9.17) is 4.74 Å². The lowest BCUT2D eigenvalue weighted by Crippen LogP contribution is -2.50. The van der Waals surface area contributed by atoms with E-state index in [1.807, 2.05) is 0 Å². The fourth-order valence-electron chi connectivity index (χ4n) is 3.82. The minimum Gasteiger partial charge on any atom is -0.379 e. The fourth-order valence-corrected chi connectivity index (χ4v) is 6.72. The third kappa shape index (κ3) is 4.94. The topological polar surface area (TPSA) is 104 Å². The molecule has 4 rings (SSSR count). The molecular weight excluding hydrogens is 473 g/mol. The SMILES string of the molecule is O=C(c1cccc(S(=O)(=O)N2CCOCC2)c1)N1CCN(S(=O)(=O)c2cccc(F)c2)CC1. The van der Waals surface area contributed by atoms with Gasteiger partial charge in [0.2, 0.25) is 20.0 Å². The molecule has 0 aliphatic carbocycles. The Morgan fingerprint density at radius 1 is 0.758 bits per heavy atom. The number of sulfonamides is 2. The van der Waals surface area contributed by atoms with Crippen molar-refractivity contribution in [1.82, 2.24) is 13.5 Å². The van der Waals surface area contributed by atoms with Crippen molar-refractivity contribution in [2.24, 2.45) is 0 Å². The molecule has 0 spiro atoms. The number of rotatable bonds is 5. The Bertz CT molecular complexity index is 1240. The van der Waals surface area contributed by atoms with Gasteiger partial charge in [-0.2, -0.15) is 8.61 Å². The van der Waals surface area contributed by atoms with E-state index in [1.54, 1.807) is 0 Å². The van der Waals surface area contributed by atoms with Gasteiger partial charge >= 0.3 is 0 Å². The van der Waals surface area contributed by atoms with Crippen LogP contribution in [0.3, 0.4) is 0 Å². The van der Waals surface area contributed by atoms with Crippen molar-refractivity contribution in [3.63, 3.8) is 0 Å². The molecule has 2 aromatic rings. The third-order valence-electron chi connectivity index (χ3n) is 5.65.